The number of benzene rings is 10. The van der Waals surface area contributed by atoms with Crippen LogP contribution >= 0.6 is 0 Å². The minimum atomic E-state index is -1.02. The van der Waals surface area contributed by atoms with E-state index in [0.717, 1.165) is 89.1 Å². The minimum absolute atomic E-state index is 0.0229. The zero-order chi connectivity index (χ0) is 46.4. The number of para-hydroxylation sites is 4. The van der Waals surface area contributed by atoms with Crippen LogP contribution in [0.3, 0.4) is 0 Å². The van der Waals surface area contributed by atoms with E-state index < -0.39 is 5.41 Å². The van der Waals surface area contributed by atoms with E-state index in [0.29, 0.717) is 0 Å². The van der Waals surface area contributed by atoms with E-state index in [2.05, 4.69) is 191 Å². The van der Waals surface area contributed by atoms with Crippen molar-refractivity contribution >= 4 is 55.0 Å². The van der Waals surface area contributed by atoms with Crippen LogP contribution in [0.2, 0.25) is 0 Å². The Morgan fingerprint density at radius 2 is 0.638 bits per heavy atom. The van der Waals surface area contributed by atoms with E-state index in [4.69, 9.17) is 0 Å². The van der Waals surface area contributed by atoms with Gasteiger partial charge in [-0.25, -0.2) is 0 Å². The summed E-state index contributed by atoms with van der Waals surface area (Å²) in [5.41, 5.74) is 15.2. The Morgan fingerprint density at radius 1 is 0.333 bits per heavy atom. The quantitative estimate of drug-likeness (QED) is 0.112. The highest BCUT2D eigenvalue weighted by Gasteiger charge is 2.47. The fraction of sp³-hybridized carbons (Fsp3) is 0.0164. The van der Waals surface area contributed by atoms with Crippen LogP contribution in [0.1, 0.15) is 22.3 Å². The van der Waals surface area contributed by atoms with Crippen LogP contribution in [0.4, 0.5) is 11.4 Å². The average molecular weight is 891 g/mol. The van der Waals surface area contributed by atoms with Crippen LogP contribution in [-0.4, -0.2) is 19.0 Å². The number of fused-ring (bicyclic) bond motifs is 9. The molecule has 0 N–H and O–H groups in total. The molecule has 2 aromatic heterocycles. The predicted octanol–water partition coefficient (Wildman–Crippen LogP) is 15.4. The molecule has 0 aliphatic heterocycles. The lowest BCUT2D eigenvalue weighted by Crippen LogP contribution is -2.28. The molecule has 0 amide bonds. The van der Waals surface area contributed by atoms with Gasteiger partial charge in [0.15, 0.2) is 0 Å². The molecule has 10 aromatic carbocycles. The van der Waals surface area contributed by atoms with Crippen LogP contribution in [-0.2, 0) is 5.41 Å². The molecule has 0 saturated carbocycles. The first-order chi connectivity index (χ1) is 33.9. The van der Waals surface area contributed by atoms with Crippen LogP contribution < -0.4 is 0 Å². The third-order valence-electron chi connectivity index (χ3n) is 14.2. The van der Waals surface area contributed by atoms with Crippen molar-refractivity contribution in [1.82, 2.24) is 9.13 Å². The minimum Gasteiger partial charge on any atom is -0.309 e. The molecule has 8 heteroatoms. The smallest absolute Gasteiger partial charge is 0.269 e. The molecule has 326 valence electrons. The molecule has 1 aliphatic carbocycles. The lowest BCUT2D eigenvalue weighted by molar-refractivity contribution is -0.385. The van der Waals surface area contributed by atoms with Crippen molar-refractivity contribution < 1.29 is 9.85 Å². The number of non-ortho nitro benzene ring substituents is 2. The van der Waals surface area contributed by atoms with Crippen molar-refractivity contribution in [2.45, 2.75) is 5.41 Å². The van der Waals surface area contributed by atoms with Crippen LogP contribution in [0.15, 0.2) is 231 Å². The molecule has 0 unspecified atom stereocenters. The first-order valence-electron chi connectivity index (χ1n) is 22.8. The number of nitro groups is 2. The Morgan fingerprint density at radius 3 is 0.957 bits per heavy atom. The summed E-state index contributed by atoms with van der Waals surface area (Å²) in [5.74, 6) is 0. The molecule has 13 rings (SSSR count). The molecular formula is C61H38N4O4. The monoisotopic (exact) mass is 890 g/mol. The van der Waals surface area contributed by atoms with Crippen molar-refractivity contribution in [3.63, 3.8) is 0 Å². The second kappa shape index (κ2) is 15.3. The molecule has 69 heavy (non-hydrogen) atoms. The molecule has 8 nitrogen and oxygen atoms in total. The Labute approximate surface area is 395 Å². The summed E-state index contributed by atoms with van der Waals surface area (Å²) in [7, 11) is 0. The second-order valence-corrected chi connectivity index (χ2v) is 17.7. The molecule has 1 aliphatic rings. The van der Waals surface area contributed by atoms with Gasteiger partial charge in [0.05, 0.1) is 37.3 Å². The second-order valence-electron chi connectivity index (χ2n) is 17.7. The van der Waals surface area contributed by atoms with E-state index in [-0.39, 0.29) is 21.2 Å². The van der Waals surface area contributed by atoms with Gasteiger partial charge in [-0.3, -0.25) is 20.2 Å². The van der Waals surface area contributed by atoms with Crippen molar-refractivity contribution in [3.05, 3.63) is 273 Å². The van der Waals surface area contributed by atoms with Gasteiger partial charge in [0.1, 0.15) is 0 Å². The first-order valence-corrected chi connectivity index (χ1v) is 22.8. The fourth-order valence-corrected chi connectivity index (χ4v) is 11.1. The molecule has 0 bridgehead atoms. The summed E-state index contributed by atoms with van der Waals surface area (Å²) < 4.78 is 4.61. The summed E-state index contributed by atoms with van der Waals surface area (Å²) in [6, 6.07) is 77.8. The van der Waals surface area contributed by atoms with E-state index >= 15 is 0 Å². The van der Waals surface area contributed by atoms with Gasteiger partial charge in [-0.15, -0.1) is 0 Å². The summed E-state index contributed by atoms with van der Waals surface area (Å²) in [5, 5.41) is 29.0. The van der Waals surface area contributed by atoms with E-state index in [1.54, 1.807) is 24.3 Å². The summed E-state index contributed by atoms with van der Waals surface area (Å²) >= 11 is 0. The number of aromatic nitrogens is 2. The zero-order valence-corrected chi connectivity index (χ0v) is 36.9. The van der Waals surface area contributed by atoms with Gasteiger partial charge < -0.3 is 9.13 Å². The van der Waals surface area contributed by atoms with Gasteiger partial charge in [0.25, 0.3) is 11.4 Å². The maximum absolute atomic E-state index is 12.1. The molecule has 2 heterocycles. The van der Waals surface area contributed by atoms with Gasteiger partial charge >= 0.3 is 0 Å². The van der Waals surface area contributed by atoms with Crippen molar-refractivity contribution in [2.24, 2.45) is 0 Å². The van der Waals surface area contributed by atoms with E-state index in [1.165, 1.54) is 21.5 Å². The maximum Gasteiger partial charge on any atom is 0.269 e. The fourth-order valence-electron chi connectivity index (χ4n) is 11.1. The van der Waals surface area contributed by atoms with Crippen molar-refractivity contribution in [3.8, 4) is 44.8 Å². The van der Waals surface area contributed by atoms with Gasteiger partial charge in [0, 0.05) is 57.2 Å². The average Bonchev–Trinajstić information content (AvgIpc) is 4.03. The number of hydrogen-bond acceptors (Lipinski definition) is 4. The third-order valence-corrected chi connectivity index (χ3v) is 14.2. The molecule has 0 atom stereocenters. The highest BCUT2D eigenvalue weighted by molar-refractivity contribution is 6.10. The Bertz CT molecular complexity index is 3680. The van der Waals surface area contributed by atoms with Gasteiger partial charge in [-0.05, 0) is 116 Å². The standard InChI is InChI=1S/C61H38N4O4/c66-64(67)47-31-23-43(24-32-47)61(44-25-33-48(34-26-44)65(68)69)55-37-41(39-17-27-45(28-18-39)62-57-13-5-1-9-51(57)52-10-2-6-14-58(52)62)21-35-49(55)50-36-22-42(38-56(50)61)40-19-29-46(30-20-40)63-59-15-7-3-11-53(59)54-12-4-8-16-60(54)63/h1-38H. The first kappa shape index (κ1) is 39.9. The summed E-state index contributed by atoms with van der Waals surface area (Å²) in [6.45, 7) is 0. The number of hydrogen-bond donors (Lipinski definition) is 0. The van der Waals surface area contributed by atoms with Crippen molar-refractivity contribution in [2.75, 3.05) is 0 Å². The number of rotatable bonds is 8. The lowest BCUT2D eigenvalue weighted by Gasteiger charge is -2.34. The molecule has 0 fully saturated rings. The lowest BCUT2D eigenvalue weighted by atomic mass is 9.67. The highest BCUT2D eigenvalue weighted by atomic mass is 16.6. The predicted molar refractivity (Wildman–Crippen MR) is 277 cm³/mol. The third kappa shape index (κ3) is 6.02. The van der Waals surface area contributed by atoms with Crippen molar-refractivity contribution in [1.29, 1.82) is 0 Å². The van der Waals surface area contributed by atoms with E-state index in [9.17, 15) is 20.2 Å². The molecule has 0 saturated heterocycles. The highest BCUT2D eigenvalue weighted by Crippen LogP contribution is 2.58. The SMILES string of the molecule is O=[N+]([O-])c1ccc(C2(c3ccc([N+](=O)[O-])cc3)c3cc(-c4ccc(-n5c6ccccc6c6ccccc65)cc4)ccc3-c3ccc(-c4ccc(-n5c6ccccc6c6ccccc65)cc4)cc32)cc1. The molecule has 0 spiro atoms. The van der Waals surface area contributed by atoms with Crippen LogP contribution in [0.5, 0.6) is 0 Å². The Kier molecular flexibility index (Phi) is 8.87. The summed E-state index contributed by atoms with van der Waals surface area (Å²) in [6.07, 6.45) is 0. The van der Waals surface area contributed by atoms with E-state index in [1.807, 2.05) is 24.3 Å². The van der Waals surface area contributed by atoms with Gasteiger partial charge in [-0.2, -0.15) is 0 Å². The molecule has 12 aromatic rings. The summed E-state index contributed by atoms with van der Waals surface area (Å²) in [4.78, 5) is 23.4. The maximum atomic E-state index is 12.1. The largest absolute Gasteiger partial charge is 0.309 e. The van der Waals surface area contributed by atoms with Gasteiger partial charge in [0.2, 0.25) is 0 Å². The Balaban J connectivity index is 0.981. The zero-order valence-electron chi connectivity index (χ0n) is 36.9. The van der Waals surface area contributed by atoms with Crippen LogP contribution in [0.25, 0.3) is 88.4 Å². The normalized spacial score (nSPS) is 12.7. The Hall–Kier alpha value is -9.40. The molecular weight excluding hydrogens is 853 g/mol. The van der Waals surface area contributed by atoms with Gasteiger partial charge in [-0.1, -0.05) is 146 Å². The van der Waals surface area contributed by atoms with Crippen LogP contribution in [0, 0.1) is 20.2 Å². The number of nitro benzene ring substituents is 2. The molecule has 0 radical (unpaired) electrons. The number of nitrogens with zero attached hydrogens (tertiary/aromatic N) is 4. The topological polar surface area (TPSA) is 96.1 Å².